The number of esters is 2. The zero-order valence-corrected chi connectivity index (χ0v) is 27.0. The molecule has 2 atom stereocenters. The van der Waals surface area contributed by atoms with Crippen LogP contribution in [0.5, 0.6) is 0 Å². The molecule has 53 heavy (non-hydrogen) atoms. The number of carbonyl (C=O) groups is 6. The number of aliphatic carboxylic acids is 1. The highest BCUT2D eigenvalue weighted by Gasteiger charge is 2.42. The maximum atomic E-state index is 13.3. The van der Waals surface area contributed by atoms with Crippen LogP contribution in [0.4, 0.5) is 32.0 Å². The summed E-state index contributed by atoms with van der Waals surface area (Å²) in [5, 5.41) is 12.8. The number of hydrogen-bond acceptors (Lipinski definition) is 8. The average Bonchev–Trinajstić information content (AvgIpc) is 3.11. The van der Waals surface area contributed by atoms with Crippen LogP contribution in [0.15, 0.2) is 97.1 Å². The highest BCUT2D eigenvalue weighted by molar-refractivity contribution is 6.30. The van der Waals surface area contributed by atoms with Gasteiger partial charge in [0.1, 0.15) is 0 Å². The Morgan fingerprint density at radius 2 is 1.04 bits per heavy atom. The molecule has 0 aliphatic carbocycles. The third-order valence-electron chi connectivity index (χ3n) is 6.91. The molecule has 4 aromatic carbocycles. The van der Waals surface area contributed by atoms with E-state index in [0.29, 0.717) is 29.3 Å². The molecule has 0 bridgehead atoms. The van der Waals surface area contributed by atoms with Crippen LogP contribution >= 0.6 is 11.6 Å². The maximum Gasteiger partial charge on any atom is 0.416 e. The van der Waals surface area contributed by atoms with Gasteiger partial charge in [0.15, 0.2) is 0 Å². The minimum Gasteiger partial charge on any atom is -0.478 e. The number of halogens is 7. The maximum absolute atomic E-state index is 13.3. The van der Waals surface area contributed by atoms with Crippen LogP contribution in [0, 0.1) is 0 Å². The Bertz CT molecular complexity index is 2040. The summed E-state index contributed by atoms with van der Waals surface area (Å²) >= 11 is 5.81. The van der Waals surface area contributed by atoms with Gasteiger partial charge in [0.25, 0.3) is 17.7 Å². The molecule has 3 amide bonds. The van der Waals surface area contributed by atoms with E-state index < -0.39 is 82.4 Å². The lowest BCUT2D eigenvalue weighted by molar-refractivity contribution is -0.159. The highest BCUT2D eigenvalue weighted by atomic mass is 35.5. The number of hydrogen-bond donors (Lipinski definition) is 4. The monoisotopic (exact) mass is 765 g/mol. The first-order chi connectivity index (χ1) is 24.8. The summed E-state index contributed by atoms with van der Waals surface area (Å²) in [4.78, 5) is 76.3. The van der Waals surface area contributed by atoms with Gasteiger partial charge >= 0.3 is 30.3 Å². The molecule has 276 valence electrons. The van der Waals surface area contributed by atoms with Crippen LogP contribution < -0.4 is 16.2 Å². The van der Waals surface area contributed by atoms with Crippen LogP contribution in [0.1, 0.15) is 52.6 Å². The summed E-state index contributed by atoms with van der Waals surface area (Å²) in [5.74, 6) is -8.92. The van der Waals surface area contributed by atoms with E-state index in [9.17, 15) is 60.2 Å². The number of carboxylic acid groups (broad SMARTS) is 1. The second-order valence-corrected chi connectivity index (χ2v) is 11.1. The summed E-state index contributed by atoms with van der Waals surface area (Å²) in [5.41, 5.74) is -0.365. The number of benzene rings is 4. The van der Waals surface area contributed by atoms with Gasteiger partial charge in [-0.15, -0.1) is 0 Å². The van der Waals surface area contributed by atoms with Gasteiger partial charge in [0.05, 0.1) is 22.3 Å². The molecule has 0 fully saturated rings. The number of hydrazine groups is 1. The molecule has 0 saturated heterocycles. The highest BCUT2D eigenvalue weighted by Crippen LogP contribution is 2.31. The van der Waals surface area contributed by atoms with E-state index in [0.717, 1.165) is 24.3 Å². The van der Waals surface area contributed by atoms with E-state index in [4.69, 9.17) is 21.1 Å². The Morgan fingerprint density at radius 1 is 0.585 bits per heavy atom. The third-order valence-corrected chi connectivity index (χ3v) is 7.16. The minimum atomic E-state index is -4.94. The second-order valence-electron chi connectivity index (χ2n) is 10.6. The molecule has 19 heteroatoms. The van der Waals surface area contributed by atoms with Gasteiger partial charge in [-0.25, -0.2) is 14.4 Å². The SMILES string of the molecule is O=C(NNC(=O)[C@@H](OC(=O)c1cccc(C(F)(F)F)c1)[C@H](OC(=O)c1cccc(C(F)(F)F)c1)C(=O)O)c1ccc(NC(=O)c2ccc(Cl)cc2)cc1. The molecule has 0 aliphatic heterocycles. The van der Waals surface area contributed by atoms with Crippen LogP contribution in [-0.4, -0.2) is 52.9 Å². The van der Waals surface area contributed by atoms with Gasteiger partial charge < -0.3 is 19.9 Å². The number of rotatable bonds is 10. The van der Waals surface area contributed by atoms with Crippen molar-refractivity contribution in [3.05, 3.63) is 135 Å². The first-order valence-corrected chi connectivity index (χ1v) is 15.0. The third kappa shape index (κ3) is 10.5. The molecule has 12 nitrogen and oxygen atoms in total. The Labute approximate surface area is 298 Å². The van der Waals surface area contributed by atoms with Crippen molar-refractivity contribution in [3.63, 3.8) is 0 Å². The Kier molecular flexibility index (Phi) is 12.1. The molecule has 0 unspecified atom stereocenters. The molecule has 0 spiro atoms. The fourth-order valence-corrected chi connectivity index (χ4v) is 4.40. The Morgan fingerprint density at radius 3 is 1.51 bits per heavy atom. The summed E-state index contributed by atoms with van der Waals surface area (Å²) in [6, 6.07) is 15.9. The Hall–Kier alpha value is -6.43. The number of carbonyl (C=O) groups excluding carboxylic acids is 5. The van der Waals surface area contributed by atoms with Crippen molar-refractivity contribution in [2.45, 2.75) is 24.6 Å². The van der Waals surface area contributed by atoms with Crippen molar-refractivity contribution in [1.29, 1.82) is 0 Å². The second kappa shape index (κ2) is 16.3. The number of amides is 3. The zero-order valence-electron chi connectivity index (χ0n) is 26.3. The van der Waals surface area contributed by atoms with E-state index in [1.165, 1.54) is 48.5 Å². The van der Waals surface area contributed by atoms with Gasteiger partial charge in [0, 0.05) is 21.8 Å². The predicted octanol–water partition coefficient (Wildman–Crippen LogP) is 5.93. The molecule has 4 N–H and O–H groups in total. The van der Waals surface area contributed by atoms with E-state index >= 15 is 0 Å². The number of carboxylic acids is 1. The molecule has 0 saturated carbocycles. The van der Waals surface area contributed by atoms with E-state index in [1.54, 1.807) is 5.43 Å². The molecular weight excluding hydrogens is 744 g/mol. The number of alkyl halides is 6. The lowest BCUT2D eigenvalue weighted by Crippen LogP contribution is -2.54. The van der Waals surface area contributed by atoms with Gasteiger partial charge in [-0.3, -0.25) is 25.2 Å². The van der Waals surface area contributed by atoms with Crippen LogP contribution in [-0.2, 0) is 31.4 Å². The number of ether oxygens (including phenoxy) is 2. The fourth-order valence-electron chi connectivity index (χ4n) is 4.28. The lowest BCUT2D eigenvalue weighted by atomic mass is 10.1. The van der Waals surface area contributed by atoms with E-state index in [-0.39, 0.29) is 16.8 Å². The van der Waals surface area contributed by atoms with Crippen LogP contribution in [0.2, 0.25) is 5.02 Å². The average molecular weight is 766 g/mol. The predicted molar refractivity (Wildman–Crippen MR) is 170 cm³/mol. The van der Waals surface area contributed by atoms with Gasteiger partial charge in [-0.1, -0.05) is 23.7 Å². The van der Waals surface area contributed by atoms with Gasteiger partial charge in [-0.2, -0.15) is 26.3 Å². The molecule has 0 aliphatic rings. The molecule has 0 radical (unpaired) electrons. The minimum absolute atomic E-state index is 0.155. The fraction of sp³-hybridized carbons (Fsp3) is 0.118. The van der Waals surface area contributed by atoms with Gasteiger partial charge in [-0.05, 0) is 84.9 Å². The lowest BCUT2D eigenvalue weighted by Gasteiger charge is -2.24. The summed E-state index contributed by atoms with van der Waals surface area (Å²) < 4.78 is 89.0. The smallest absolute Gasteiger partial charge is 0.416 e. The van der Waals surface area contributed by atoms with Crippen molar-refractivity contribution in [2.75, 3.05) is 5.32 Å². The first-order valence-electron chi connectivity index (χ1n) is 14.6. The number of anilines is 1. The van der Waals surface area contributed by atoms with Gasteiger partial charge in [0.2, 0.25) is 12.2 Å². The van der Waals surface area contributed by atoms with Crippen molar-refractivity contribution in [1.82, 2.24) is 10.9 Å². The van der Waals surface area contributed by atoms with E-state index in [2.05, 4.69) is 5.32 Å². The van der Waals surface area contributed by atoms with Crippen LogP contribution in [0.25, 0.3) is 0 Å². The largest absolute Gasteiger partial charge is 0.478 e. The Balaban J connectivity index is 1.54. The quantitative estimate of drug-likeness (QED) is 0.0867. The molecule has 0 aromatic heterocycles. The number of nitrogens with one attached hydrogen (secondary N) is 3. The normalized spacial score (nSPS) is 12.4. The first kappa shape index (κ1) is 39.4. The standard InChI is InChI=1S/C34H22ClF6N3O9/c35-23-11-7-17(8-12-23)27(45)42-24-13-9-18(10-14-24)28(46)43-44-29(47)25(52-31(50)19-3-1-5-21(15-19)33(36,37)38)26(30(48)49)53-32(51)20-4-2-6-22(16-20)34(39,40)41/h1-16,25-26H,(H,42,45)(H,43,46)(H,44,47)(H,48,49)/t25-,26-/m0/s1. The zero-order chi connectivity index (χ0) is 39.1. The molecule has 4 aromatic rings. The summed E-state index contributed by atoms with van der Waals surface area (Å²) in [6.45, 7) is 0. The van der Waals surface area contributed by atoms with Crippen molar-refractivity contribution < 1.29 is 69.7 Å². The summed E-state index contributed by atoms with van der Waals surface area (Å²) in [6.07, 6.45) is -15.5. The van der Waals surface area contributed by atoms with Crippen molar-refractivity contribution >= 4 is 52.9 Å². The summed E-state index contributed by atoms with van der Waals surface area (Å²) in [7, 11) is 0. The van der Waals surface area contributed by atoms with Crippen LogP contribution in [0.3, 0.4) is 0 Å². The topological polar surface area (TPSA) is 177 Å². The van der Waals surface area contributed by atoms with Crippen molar-refractivity contribution in [2.24, 2.45) is 0 Å². The molecule has 4 rings (SSSR count). The van der Waals surface area contributed by atoms with E-state index in [1.807, 2.05) is 5.43 Å². The van der Waals surface area contributed by atoms with Crippen molar-refractivity contribution in [3.8, 4) is 0 Å². The molecular formula is C34H22ClF6N3O9. The molecule has 0 heterocycles.